The van der Waals surface area contributed by atoms with E-state index in [1.165, 1.54) is 0 Å². The SMILES string of the molecule is C=NC(Cl)=Nc1[nH]ncc1C. The van der Waals surface area contributed by atoms with Crippen molar-refractivity contribution in [2.45, 2.75) is 6.92 Å². The van der Waals surface area contributed by atoms with Gasteiger partial charge in [-0.05, 0) is 25.2 Å². The predicted molar refractivity (Wildman–Crippen MR) is 45.8 cm³/mol. The maximum atomic E-state index is 5.50. The molecule has 1 N–H and O–H groups in total. The van der Waals surface area contributed by atoms with Crippen molar-refractivity contribution in [1.29, 1.82) is 0 Å². The quantitative estimate of drug-likeness (QED) is 0.389. The van der Waals surface area contributed by atoms with Gasteiger partial charge in [-0.15, -0.1) is 0 Å². The van der Waals surface area contributed by atoms with Crippen LogP contribution in [0.1, 0.15) is 5.56 Å². The van der Waals surface area contributed by atoms with Gasteiger partial charge >= 0.3 is 0 Å². The summed E-state index contributed by atoms with van der Waals surface area (Å²) in [5.74, 6) is 0.613. The van der Waals surface area contributed by atoms with Gasteiger partial charge in [0.05, 0.1) is 6.20 Å². The summed E-state index contributed by atoms with van der Waals surface area (Å²) < 4.78 is 0. The second-order valence-corrected chi connectivity index (χ2v) is 2.28. The van der Waals surface area contributed by atoms with E-state index >= 15 is 0 Å². The van der Waals surface area contributed by atoms with E-state index in [0.717, 1.165) is 5.56 Å². The highest BCUT2D eigenvalue weighted by atomic mass is 35.5. The van der Waals surface area contributed by atoms with E-state index < -0.39 is 0 Å². The largest absolute Gasteiger partial charge is 0.261 e. The van der Waals surface area contributed by atoms with Crippen LogP contribution in [-0.4, -0.2) is 22.2 Å². The fraction of sp³-hybridized carbons (Fsp3) is 0.167. The number of aliphatic imine (C=N–C) groups is 2. The zero-order chi connectivity index (χ0) is 8.27. The molecular weight excluding hydrogens is 164 g/mol. The highest BCUT2D eigenvalue weighted by Gasteiger charge is 1.97. The van der Waals surface area contributed by atoms with Crippen molar-refractivity contribution in [3.8, 4) is 0 Å². The molecule has 5 heteroatoms. The fourth-order valence-corrected chi connectivity index (χ4v) is 0.665. The molecule has 0 radical (unpaired) electrons. The molecule has 1 aromatic rings. The second-order valence-electron chi connectivity index (χ2n) is 1.94. The van der Waals surface area contributed by atoms with Crippen molar-refractivity contribution < 1.29 is 0 Å². The van der Waals surface area contributed by atoms with E-state index in [-0.39, 0.29) is 5.29 Å². The Balaban J connectivity index is 2.94. The van der Waals surface area contributed by atoms with Crippen molar-refractivity contribution in [3.63, 3.8) is 0 Å². The number of nitrogens with one attached hydrogen (secondary N) is 1. The van der Waals surface area contributed by atoms with Crippen molar-refractivity contribution in [3.05, 3.63) is 11.8 Å². The van der Waals surface area contributed by atoms with Crippen molar-refractivity contribution >= 4 is 29.4 Å². The van der Waals surface area contributed by atoms with E-state index in [9.17, 15) is 0 Å². The number of aromatic nitrogens is 2. The monoisotopic (exact) mass is 170 g/mol. The summed E-state index contributed by atoms with van der Waals surface area (Å²) in [4.78, 5) is 7.29. The summed E-state index contributed by atoms with van der Waals surface area (Å²) in [5, 5.41) is 6.53. The van der Waals surface area contributed by atoms with E-state index in [2.05, 4.69) is 26.9 Å². The van der Waals surface area contributed by atoms with E-state index in [1.54, 1.807) is 6.20 Å². The van der Waals surface area contributed by atoms with Crippen molar-refractivity contribution in [1.82, 2.24) is 10.2 Å². The van der Waals surface area contributed by atoms with Crippen LogP contribution in [0.4, 0.5) is 5.82 Å². The maximum absolute atomic E-state index is 5.50. The zero-order valence-electron chi connectivity index (χ0n) is 6.00. The lowest BCUT2D eigenvalue weighted by Crippen LogP contribution is -1.78. The lowest BCUT2D eigenvalue weighted by Gasteiger charge is -1.88. The first kappa shape index (κ1) is 7.94. The van der Waals surface area contributed by atoms with Crippen molar-refractivity contribution in [2.24, 2.45) is 9.98 Å². The summed E-state index contributed by atoms with van der Waals surface area (Å²) in [6.45, 7) is 5.09. The molecule has 0 aliphatic rings. The van der Waals surface area contributed by atoms with Gasteiger partial charge < -0.3 is 0 Å². The van der Waals surface area contributed by atoms with Crippen LogP contribution in [0.5, 0.6) is 0 Å². The Labute approximate surface area is 69.0 Å². The Hall–Kier alpha value is -1.16. The minimum atomic E-state index is 0.109. The molecule has 1 aromatic heterocycles. The first-order valence-corrected chi connectivity index (χ1v) is 3.32. The van der Waals surface area contributed by atoms with E-state index in [4.69, 9.17) is 11.6 Å². The second kappa shape index (κ2) is 3.30. The molecule has 0 aliphatic heterocycles. The first-order chi connectivity index (χ1) is 5.24. The van der Waals surface area contributed by atoms with Gasteiger partial charge in [0.15, 0.2) is 5.82 Å². The van der Waals surface area contributed by atoms with Crippen LogP contribution >= 0.6 is 11.6 Å². The van der Waals surface area contributed by atoms with Crippen LogP contribution in [0.3, 0.4) is 0 Å². The Morgan fingerprint density at radius 3 is 3.00 bits per heavy atom. The number of H-pyrrole nitrogens is 1. The molecule has 0 spiro atoms. The van der Waals surface area contributed by atoms with Crippen LogP contribution in [0, 0.1) is 6.92 Å². The Bertz CT molecular complexity index is 289. The third-order valence-electron chi connectivity index (χ3n) is 1.14. The summed E-state index contributed by atoms with van der Waals surface area (Å²) in [6, 6.07) is 0. The minimum Gasteiger partial charge on any atom is -0.261 e. The van der Waals surface area contributed by atoms with E-state index in [1.807, 2.05) is 6.92 Å². The van der Waals surface area contributed by atoms with Gasteiger partial charge in [-0.2, -0.15) is 10.1 Å². The van der Waals surface area contributed by atoms with Crippen LogP contribution < -0.4 is 0 Å². The van der Waals surface area contributed by atoms with Crippen LogP contribution in [-0.2, 0) is 0 Å². The fourth-order valence-electron chi connectivity index (χ4n) is 0.580. The molecule has 0 amide bonds. The lowest BCUT2D eigenvalue weighted by molar-refractivity contribution is 1.08. The summed E-state index contributed by atoms with van der Waals surface area (Å²) in [7, 11) is 0. The molecule has 0 saturated carbocycles. The number of aryl methyl sites for hydroxylation is 1. The highest BCUT2D eigenvalue weighted by molar-refractivity contribution is 6.65. The third-order valence-corrected chi connectivity index (χ3v) is 1.34. The molecule has 1 heterocycles. The van der Waals surface area contributed by atoms with Gasteiger partial charge in [0.1, 0.15) is 0 Å². The first-order valence-electron chi connectivity index (χ1n) is 2.95. The Kier molecular flexibility index (Phi) is 2.38. The standard InChI is InChI=1S/C6H7ClN4/c1-4-3-9-11-5(4)10-6(7)8-2/h3H,2H2,1H3,(H,9,11). The predicted octanol–water partition coefficient (Wildman–Crippen LogP) is 1.65. The number of nitrogens with zero attached hydrogens (tertiary/aromatic N) is 3. The molecule has 0 fully saturated rings. The average molecular weight is 171 g/mol. The molecule has 0 aromatic carbocycles. The van der Waals surface area contributed by atoms with Gasteiger partial charge in [-0.3, -0.25) is 5.10 Å². The van der Waals surface area contributed by atoms with Gasteiger partial charge in [0, 0.05) is 5.56 Å². The molecule has 0 saturated heterocycles. The normalized spacial score (nSPS) is 11.6. The highest BCUT2D eigenvalue weighted by Crippen LogP contribution is 2.13. The smallest absolute Gasteiger partial charge is 0.223 e. The average Bonchev–Trinajstić information content (AvgIpc) is 2.37. The number of amidine groups is 1. The minimum absolute atomic E-state index is 0.109. The van der Waals surface area contributed by atoms with Crippen molar-refractivity contribution in [2.75, 3.05) is 0 Å². The van der Waals surface area contributed by atoms with Gasteiger partial charge in [0.25, 0.3) is 0 Å². The molecule has 0 unspecified atom stereocenters. The number of aromatic amines is 1. The summed E-state index contributed by atoms with van der Waals surface area (Å²) >= 11 is 5.50. The molecule has 0 bridgehead atoms. The van der Waals surface area contributed by atoms with Gasteiger partial charge in [-0.25, -0.2) is 4.99 Å². The molecule has 58 valence electrons. The van der Waals surface area contributed by atoms with Gasteiger partial charge in [0.2, 0.25) is 5.29 Å². The lowest BCUT2D eigenvalue weighted by atomic mass is 10.4. The zero-order valence-corrected chi connectivity index (χ0v) is 6.76. The maximum Gasteiger partial charge on any atom is 0.223 e. The molecule has 4 nitrogen and oxygen atoms in total. The summed E-state index contributed by atoms with van der Waals surface area (Å²) in [5.41, 5.74) is 0.923. The van der Waals surface area contributed by atoms with Crippen LogP contribution in [0.2, 0.25) is 0 Å². The van der Waals surface area contributed by atoms with Gasteiger partial charge in [-0.1, -0.05) is 0 Å². The molecule has 11 heavy (non-hydrogen) atoms. The number of halogens is 1. The Morgan fingerprint density at radius 1 is 1.82 bits per heavy atom. The molecule has 0 atom stereocenters. The number of rotatable bonds is 1. The van der Waals surface area contributed by atoms with Crippen LogP contribution in [0.25, 0.3) is 0 Å². The summed E-state index contributed by atoms with van der Waals surface area (Å²) in [6.07, 6.45) is 1.66. The molecule has 0 aliphatic carbocycles. The third kappa shape index (κ3) is 1.88. The molecular formula is C6H7ClN4. The van der Waals surface area contributed by atoms with Crippen LogP contribution in [0.15, 0.2) is 16.2 Å². The van der Waals surface area contributed by atoms with E-state index in [0.29, 0.717) is 5.82 Å². The number of hydrogen-bond donors (Lipinski definition) is 1. The number of hydrogen-bond acceptors (Lipinski definition) is 2. The Morgan fingerprint density at radius 2 is 2.55 bits per heavy atom. The molecule has 1 rings (SSSR count). The topological polar surface area (TPSA) is 53.4 Å².